The highest BCUT2D eigenvalue weighted by atomic mass is 32.1. The molecule has 0 fully saturated rings. The lowest BCUT2D eigenvalue weighted by Gasteiger charge is -2.24. The van der Waals surface area contributed by atoms with Crippen LogP contribution in [0.3, 0.4) is 0 Å². The fourth-order valence-electron chi connectivity index (χ4n) is 3.99. The highest BCUT2D eigenvalue weighted by Crippen LogP contribution is 2.42. The summed E-state index contributed by atoms with van der Waals surface area (Å²) < 4.78 is 8.07. The number of aryl methyl sites for hydroxylation is 2. The maximum Gasteiger partial charge on any atom is 0.226 e. The average Bonchev–Trinajstić information content (AvgIpc) is 3.28. The van der Waals surface area contributed by atoms with Crippen molar-refractivity contribution in [2.24, 2.45) is 0 Å². The van der Waals surface area contributed by atoms with Crippen molar-refractivity contribution in [3.63, 3.8) is 0 Å². The zero-order valence-electron chi connectivity index (χ0n) is 16.8. The highest BCUT2D eigenvalue weighted by Gasteiger charge is 2.33. The van der Waals surface area contributed by atoms with Gasteiger partial charge in [0.15, 0.2) is 11.5 Å². The monoisotopic (exact) mass is 420 g/mol. The minimum Gasteiger partial charge on any atom is -0.504 e. The molecule has 1 amide bonds. The summed E-state index contributed by atoms with van der Waals surface area (Å²) in [5, 5.41) is 18.4. The Morgan fingerprint density at radius 2 is 2.07 bits per heavy atom. The predicted octanol–water partition coefficient (Wildman–Crippen LogP) is 4.29. The molecule has 4 aromatic rings. The lowest BCUT2D eigenvalue weighted by atomic mass is 9.85. The summed E-state index contributed by atoms with van der Waals surface area (Å²) in [5.41, 5.74) is 4.76. The summed E-state index contributed by atoms with van der Waals surface area (Å²) in [4.78, 5) is 17.3. The maximum absolute atomic E-state index is 12.6. The summed E-state index contributed by atoms with van der Waals surface area (Å²) in [6, 6.07) is 11.3. The van der Waals surface area contributed by atoms with Crippen LogP contribution in [0.5, 0.6) is 11.5 Å². The van der Waals surface area contributed by atoms with Gasteiger partial charge in [-0.05, 0) is 49.2 Å². The number of anilines is 1. The van der Waals surface area contributed by atoms with E-state index in [1.807, 2.05) is 25.1 Å². The van der Waals surface area contributed by atoms with Crippen molar-refractivity contribution < 1.29 is 14.6 Å². The standard InChI is InChI=1S/C22H20N4O3S/c1-11-4-6-15-18(8-11)30-22(23-15)26-21-20(12(2)25-26)14(10-19(28)24-21)13-5-7-16(27)17(9-13)29-3/h4-9,14,27H,10H2,1-3H3,(H,24,28)/t14-/m0/s1. The van der Waals surface area contributed by atoms with Gasteiger partial charge in [-0.15, -0.1) is 0 Å². The molecule has 30 heavy (non-hydrogen) atoms. The highest BCUT2D eigenvalue weighted by molar-refractivity contribution is 7.20. The predicted molar refractivity (Wildman–Crippen MR) is 116 cm³/mol. The van der Waals surface area contributed by atoms with Gasteiger partial charge in [0.1, 0.15) is 5.82 Å². The minimum absolute atomic E-state index is 0.0684. The molecule has 0 spiro atoms. The molecule has 1 atom stereocenters. The van der Waals surface area contributed by atoms with Gasteiger partial charge in [-0.2, -0.15) is 9.78 Å². The number of phenols is 1. The summed E-state index contributed by atoms with van der Waals surface area (Å²) in [6.07, 6.45) is 0.298. The molecule has 0 unspecified atom stereocenters. The molecule has 0 bridgehead atoms. The molecule has 2 N–H and O–H groups in total. The van der Waals surface area contributed by atoms with E-state index in [-0.39, 0.29) is 17.6 Å². The minimum atomic E-state index is -0.186. The number of aromatic nitrogens is 3. The number of fused-ring (bicyclic) bond motifs is 2. The molecule has 0 aliphatic carbocycles. The van der Waals surface area contributed by atoms with Gasteiger partial charge in [-0.25, -0.2) is 4.98 Å². The second-order valence-electron chi connectivity index (χ2n) is 7.46. The number of carbonyl (C=O) groups excluding carboxylic acids is 1. The summed E-state index contributed by atoms with van der Waals surface area (Å²) in [6.45, 7) is 3.99. The number of benzene rings is 2. The fourth-order valence-corrected chi connectivity index (χ4v) is 5.01. The second kappa shape index (κ2) is 6.84. The van der Waals surface area contributed by atoms with Crippen LogP contribution in [0.4, 0.5) is 5.82 Å². The molecule has 2 aromatic carbocycles. The van der Waals surface area contributed by atoms with Crippen molar-refractivity contribution in [1.29, 1.82) is 0 Å². The first-order valence-electron chi connectivity index (χ1n) is 9.58. The number of aromatic hydroxyl groups is 1. The molecule has 0 saturated carbocycles. The summed E-state index contributed by atoms with van der Waals surface area (Å²) >= 11 is 1.54. The second-order valence-corrected chi connectivity index (χ2v) is 8.47. The Morgan fingerprint density at radius 1 is 1.23 bits per heavy atom. The third kappa shape index (κ3) is 2.91. The molecule has 0 radical (unpaired) electrons. The first kappa shape index (κ1) is 18.6. The molecule has 3 heterocycles. The Labute approximate surface area is 176 Å². The van der Waals surface area contributed by atoms with E-state index in [4.69, 9.17) is 14.8 Å². The van der Waals surface area contributed by atoms with E-state index in [2.05, 4.69) is 18.3 Å². The largest absolute Gasteiger partial charge is 0.504 e. The van der Waals surface area contributed by atoms with Gasteiger partial charge < -0.3 is 15.2 Å². The number of hydrogen-bond acceptors (Lipinski definition) is 6. The van der Waals surface area contributed by atoms with Gasteiger partial charge in [0.25, 0.3) is 0 Å². The Balaban J connectivity index is 1.66. The van der Waals surface area contributed by atoms with E-state index in [0.29, 0.717) is 23.1 Å². The van der Waals surface area contributed by atoms with Crippen LogP contribution < -0.4 is 10.1 Å². The van der Waals surface area contributed by atoms with Crippen LogP contribution in [0, 0.1) is 13.8 Å². The number of nitrogens with one attached hydrogen (secondary N) is 1. The smallest absolute Gasteiger partial charge is 0.226 e. The Kier molecular flexibility index (Phi) is 4.25. The van der Waals surface area contributed by atoms with Crippen LogP contribution in [-0.4, -0.2) is 32.9 Å². The van der Waals surface area contributed by atoms with Crippen LogP contribution in [0.2, 0.25) is 0 Å². The fraction of sp³-hybridized carbons (Fsp3) is 0.227. The van der Waals surface area contributed by atoms with Crippen LogP contribution in [0.1, 0.15) is 34.7 Å². The third-order valence-corrected chi connectivity index (χ3v) is 6.42. The van der Waals surface area contributed by atoms with Crippen molar-refractivity contribution in [2.45, 2.75) is 26.2 Å². The quantitative estimate of drug-likeness (QED) is 0.516. The van der Waals surface area contributed by atoms with E-state index < -0.39 is 0 Å². The van der Waals surface area contributed by atoms with Gasteiger partial charge in [0.2, 0.25) is 11.0 Å². The van der Waals surface area contributed by atoms with Crippen LogP contribution >= 0.6 is 11.3 Å². The van der Waals surface area contributed by atoms with Gasteiger partial charge in [-0.3, -0.25) is 4.79 Å². The Morgan fingerprint density at radius 3 is 2.87 bits per heavy atom. The molecule has 5 rings (SSSR count). The average molecular weight is 420 g/mol. The molecule has 1 aliphatic heterocycles. The van der Waals surface area contributed by atoms with Crippen molar-refractivity contribution in [3.8, 4) is 16.6 Å². The van der Waals surface area contributed by atoms with E-state index in [1.54, 1.807) is 28.2 Å². The maximum atomic E-state index is 12.6. The number of rotatable bonds is 3. The molecule has 8 heteroatoms. The molecule has 2 aromatic heterocycles. The summed E-state index contributed by atoms with van der Waals surface area (Å²) in [5.74, 6) is 0.827. The number of amides is 1. The number of carbonyl (C=O) groups is 1. The number of methoxy groups -OCH3 is 1. The number of ether oxygens (including phenoxy) is 1. The third-order valence-electron chi connectivity index (χ3n) is 5.42. The lowest BCUT2D eigenvalue weighted by molar-refractivity contribution is -0.116. The molecular formula is C22H20N4O3S. The van der Waals surface area contributed by atoms with Crippen molar-refractivity contribution >= 4 is 33.3 Å². The molecule has 7 nitrogen and oxygen atoms in total. The van der Waals surface area contributed by atoms with Gasteiger partial charge in [0, 0.05) is 17.9 Å². The van der Waals surface area contributed by atoms with Crippen LogP contribution in [0.15, 0.2) is 36.4 Å². The molecular weight excluding hydrogens is 400 g/mol. The normalized spacial score (nSPS) is 15.8. The first-order valence-corrected chi connectivity index (χ1v) is 10.4. The van der Waals surface area contributed by atoms with Gasteiger partial charge in [-0.1, -0.05) is 23.5 Å². The molecule has 152 valence electrons. The first-order chi connectivity index (χ1) is 14.4. The Bertz CT molecular complexity index is 1310. The number of thiazole rings is 1. The number of hydrogen-bond donors (Lipinski definition) is 2. The summed E-state index contributed by atoms with van der Waals surface area (Å²) in [7, 11) is 1.51. The van der Waals surface area contributed by atoms with Crippen LogP contribution in [-0.2, 0) is 4.79 Å². The molecule has 0 saturated heterocycles. The zero-order valence-corrected chi connectivity index (χ0v) is 17.6. The van der Waals surface area contributed by atoms with Gasteiger partial charge >= 0.3 is 0 Å². The number of nitrogens with zero attached hydrogens (tertiary/aromatic N) is 3. The Hall–Kier alpha value is -3.39. The van der Waals surface area contributed by atoms with Crippen LogP contribution in [0.25, 0.3) is 15.3 Å². The van der Waals surface area contributed by atoms with Crippen molar-refractivity contribution in [1.82, 2.24) is 14.8 Å². The van der Waals surface area contributed by atoms with E-state index in [9.17, 15) is 9.90 Å². The van der Waals surface area contributed by atoms with E-state index >= 15 is 0 Å². The van der Waals surface area contributed by atoms with Gasteiger partial charge in [0.05, 0.1) is 23.0 Å². The van der Waals surface area contributed by atoms with E-state index in [0.717, 1.165) is 27.0 Å². The topological polar surface area (TPSA) is 89.3 Å². The number of phenolic OH excluding ortho intramolecular Hbond substituents is 1. The zero-order chi connectivity index (χ0) is 21.0. The van der Waals surface area contributed by atoms with E-state index in [1.165, 1.54) is 12.7 Å². The SMILES string of the molecule is COc1cc([C@@H]2CC(=O)Nc3c2c(C)nn3-c2nc3ccc(C)cc3s2)ccc1O. The van der Waals surface area contributed by atoms with Crippen molar-refractivity contribution in [3.05, 3.63) is 58.8 Å². The lowest BCUT2D eigenvalue weighted by Crippen LogP contribution is -2.24. The van der Waals surface area contributed by atoms with Crippen molar-refractivity contribution in [2.75, 3.05) is 12.4 Å². The molecule has 1 aliphatic rings.